The van der Waals surface area contributed by atoms with E-state index in [-0.39, 0.29) is 12.5 Å². The number of carboxylic acid groups (broad SMARTS) is 1. The number of carboxylic acids is 1. The molecule has 0 aliphatic heterocycles. The molecule has 0 heterocycles. The van der Waals surface area contributed by atoms with Crippen molar-refractivity contribution in [1.82, 2.24) is 5.32 Å². The highest BCUT2D eigenvalue weighted by molar-refractivity contribution is 5.88. The van der Waals surface area contributed by atoms with Crippen molar-refractivity contribution >= 4 is 11.9 Å². The van der Waals surface area contributed by atoms with Crippen molar-refractivity contribution in [3.63, 3.8) is 0 Å². The first kappa shape index (κ1) is 20.1. The van der Waals surface area contributed by atoms with Gasteiger partial charge in [0.25, 0.3) is 0 Å². The molecule has 0 bridgehead atoms. The van der Waals surface area contributed by atoms with E-state index in [0.717, 1.165) is 24.8 Å². The molecule has 1 aliphatic rings. The third kappa shape index (κ3) is 3.94. The lowest BCUT2D eigenvalue weighted by molar-refractivity contribution is -0.151. The van der Waals surface area contributed by atoms with Gasteiger partial charge in [0, 0.05) is 6.54 Å². The SMILES string of the molecule is COc1ccc(C(C)(C)C(=O)NCC2(C(=O)O)CCCCC2)cc1OC. The van der Waals surface area contributed by atoms with E-state index >= 15 is 0 Å². The van der Waals surface area contributed by atoms with Gasteiger partial charge in [0.1, 0.15) is 0 Å². The second-order valence-corrected chi connectivity index (χ2v) is 7.52. The molecule has 6 heteroatoms. The van der Waals surface area contributed by atoms with Crippen LogP contribution < -0.4 is 14.8 Å². The first-order chi connectivity index (χ1) is 12.3. The molecule has 0 saturated heterocycles. The molecule has 1 aromatic rings. The highest BCUT2D eigenvalue weighted by atomic mass is 16.5. The predicted molar refractivity (Wildman–Crippen MR) is 98.7 cm³/mol. The Morgan fingerprint density at radius 1 is 1.12 bits per heavy atom. The first-order valence-corrected chi connectivity index (χ1v) is 9.01. The number of hydrogen-bond acceptors (Lipinski definition) is 4. The Bertz CT molecular complexity index is 662. The molecule has 1 amide bonds. The van der Waals surface area contributed by atoms with Crippen LogP contribution in [0.2, 0.25) is 0 Å². The number of methoxy groups -OCH3 is 2. The minimum absolute atomic E-state index is 0.165. The molecule has 0 atom stereocenters. The normalized spacial score (nSPS) is 16.6. The standard InChI is InChI=1S/C20H29NO5/c1-19(2,14-8-9-15(25-3)16(12-14)26-4)17(22)21-13-20(18(23)24)10-6-5-7-11-20/h8-9,12H,5-7,10-11,13H2,1-4H3,(H,21,22)(H,23,24). The second kappa shape index (κ2) is 7.98. The van der Waals surface area contributed by atoms with Crippen LogP contribution in [0.15, 0.2) is 18.2 Å². The van der Waals surface area contributed by atoms with Gasteiger partial charge >= 0.3 is 5.97 Å². The molecule has 0 unspecified atom stereocenters. The van der Waals surface area contributed by atoms with Crippen LogP contribution in [0.25, 0.3) is 0 Å². The molecule has 2 rings (SSSR count). The van der Waals surface area contributed by atoms with Gasteiger partial charge in [-0.25, -0.2) is 0 Å². The lowest BCUT2D eigenvalue weighted by atomic mass is 9.73. The Labute approximate surface area is 154 Å². The number of nitrogens with one attached hydrogen (secondary N) is 1. The van der Waals surface area contributed by atoms with Crippen molar-refractivity contribution in [2.75, 3.05) is 20.8 Å². The van der Waals surface area contributed by atoms with Gasteiger partial charge in [-0.1, -0.05) is 25.3 Å². The number of amides is 1. The predicted octanol–water partition coefficient (Wildman–Crippen LogP) is 3.13. The van der Waals surface area contributed by atoms with E-state index in [9.17, 15) is 14.7 Å². The van der Waals surface area contributed by atoms with Crippen LogP contribution in [0, 0.1) is 5.41 Å². The third-order valence-corrected chi connectivity index (χ3v) is 5.52. The van der Waals surface area contributed by atoms with Crippen molar-refractivity contribution in [2.45, 2.75) is 51.4 Å². The average Bonchev–Trinajstić information content (AvgIpc) is 2.65. The fraction of sp³-hybridized carbons (Fsp3) is 0.600. The fourth-order valence-electron chi connectivity index (χ4n) is 3.52. The Morgan fingerprint density at radius 2 is 1.73 bits per heavy atom. The van der Waals surface area contributed by atoms with Gasteiger partial charge in [0.05, 0.1) is 25.0 Å². The van der Waals surface area contributed by atoms with Crippen molar-refractivity contribution < 1.29 is 24.2 Å². The summed E-state index contributed by atoms with van der Waals surface area (Å²) < 4.78 is 10.6. The molecule has 2 N–H and O–H groups in total. The van der Waals surface area contributed by atoms with E-state index in [4.69, 9.17) is 9.47 Å². The Morgan fingerprint density at radius 3 is 2.27 bits per heavy atom. The van der Waals surface area contributed by atoms with Crippen LogP contribution in [-0.4, -0.2) is 37.7 Å². The molecule has 1 aromatic carbocycles. The summed E-state index contributed by atoms with van der Waals surface area (Å²) in [6, 6.07) is 5.38. The molecule has 144 valence electrons. The van der Waals surface area contributed by atoms with Crippen LogP contribution in [0.3, 0.4) is 0 Å². The zero-order chi connectivity index (χ0) is 19.4. The van der Waals surface area contributed by atoms with E-state index in [0.29, 0.717) is 24.3 Å². The number of ether oxygens (including phenoxy) is 2. The van der Waals surface area contributed by atoms with Crippen molar-refractivity contribution in [3.05, 3.63) is 23.8 Å². The number of aliphatic carboxylic acids is 1. The Kier molecular flexibility index (Phi) is 6.16. The molecule has 6 nitrogen and oxygen atoms in total. The zero-order valence-corrected chi connectivity index (χ0v) is 16.1. The van der Waals surface area contributed by atoms with E-state index in [1.54, 1.807) is 26.4 Å². The topological polar surface area (TPSA) is 84.9 Å². The van der Waals surface area contributed by atoms with Gasteiger partial charge in [-0.3, -0.25) is 9.59 Å². The Hall–Kier alpha value is -2.24. The smallest absolute Gasteiger partial charge is 0.311 e. The second-order valence-electron chi connectivity index (χ2n) is 7.52. The van der Waals surface area contributed by atoms with Gasteiger partial charge in [-0.05, 0) is 44.4 Å². The summed E-state index contributed by atoms with van der Waals surface area (Å²) in [5.74, 6) is 0.136. The number of carbonyl (C=O) groups is 2. The summed E-state index contributed by atoms with van der Waals surface area (Å²) in [5, 5.41) is 12.6. The van der Waals surface area contributed by atoms with Crippen LogP contribution in [0.1, 0.15) is 51.5 Å². The molecule has 1 fully saturated rings. The largest absolute Gasteiger partial charge is 0.493 e. The van der Waals surface area contributed by atoms with Crippen LogP contribution in [-0.2, 0) is 15.0 Å². The van der Waals surface area contributed by atoms with Crippen molar-refractivity contribution in [1.29, 1.82) is 0 Å². The van der Waals surface area contributed by atoms with Crippen molar-refractivity contribution in [2.24, 2.45) is 5.41 Å². The molecule has 0 radical (unpaired) electrons. The maximum atomic E-state index is 12.9. The molecule has 26 heavy (non-hydrogen) atoms. The van der Waals surface area contributed by atoms with Crippen LogP contribution >= 0.6 is 0 Å². The van der Waals surface area contributed by atoms with Gasteiger partial charge in [0.2, 0.25) is 5.91 Å². The van der Waals surface area contributed by atoms with Crippen LogP contribution in [0.4, 0.5) is 0 Å². The third-order valence-electron chi connectivity index (χ3n) is 5.52. The van der Waals surface area contributed by atoms with Gasteiger partial charge in [0.15, 0.2) is 11.5 Å². The number of hydrogen-bond donors (Lipinski definition) is 2. The maximum Gasteiger partial charge on any atom is 0.311 e. The molecule has 1 saturated carbocycles. The first-order valence-electron chi connectivity index (χ1n) is 9.01. The van der Waals surface area contributed by atoms with E-state index in [2.05, 4.69) is 5.32 Å². The number of benzene rings is 1. The van der Waals surface area contributed by atoms with E-state index < -0.39 is 16.8 Å². The molecule has 0 aromatic heterocycles. The minimum Gasteiger partial charge on any atom is -0.493 e. The highest BCUT2D eigenvalue weighted by Gasteiger charge is 2.41. The van der Waals surface area contributed by atoms with E-state index in [1.807, 2.05) is 19.9 Å². The van der Waals surface area contributed by atoms with Crippen molar-refractivity contribution in [3.8, 4) is 11.5 Å². The lowest BCUT2D eigenvalue weighted by Gasteiger charge is -2.34. The quantitative estimate of drug-likeness (QED) is 0.777. The number of carbonyl (C=O) groups excluding carboxylic acids is 1. The van der Waals surface area contributed by atoms with Gasteiger partial charge < -0.3 is 19.9 Å². The van der Waals surface area contributed by atoms with E-state index in [1.165, 1.54) is 0 Å². The summed E-state index contributed by atoms with van der Waals surface area (Å²) in [5.41, 5.74) is -0.893. The summed E-state index contributed by atoms with van der Waals surface area (Å²) in [6.07, 6.45) is 4.06. The minimum atomic E-state index is -0.846. The average molecular weight is 363 g/mol. The molecule has 1 aliphatic carbocycles. The molecule has 0 spiro atoms. The monoisotopic (exact) mass is 363 g/mol. The molecular formula is C20H29NO5. The lowest BCUT2D eigenvalue weighted by Crippen LogP contribution is -2.48. The highest BCUT2D eigenvalue weighted by Crippen LogP contribution is 2.37. The number of rotatable bonds is 7. The summed E-state index contributed by atoms with van der Waals surface area (Å²) in [4.78, 5) is 24.6. The van der Waals surface area contributed by atoms with Gasteiger partial charge in [-0.2, -0.15) is 0 Å². The maximum absolute atomic E-state index is 12.9. The summed E-state index contributed by atoms with van der Waals surface area (Å²) in [6.45, 7) is 3.80. The fourth-order valence-corrected chi connectivity index (χ4v) is 3.52. The summed E-state index contributed by atoms with van der Waals surface area (Å²) >= 11 is 0. The zero-order valence-electron chi connectivity index (χ0n) is 16.1. The van der Waals surface area contributed by atoms with Gasteiger partial charge in [-0.15, -0.1) is 0 Å². The Balaban J connectivity index is 2.15. The summed E-state index contributed by atoms with van der Waals surface area (Å²) in [7, 11) is 3.11. The van der Waals surface area contributed by atoms with Crippen LogP contribution in [0.5, 0.6) is 11.5 Å². The molecular weight excluding hydrogens is 334 g/mol.